The first kappa shape index (κ1) is 15.0. The van der Waals surface area contributed by atoms with Gasteiger partial charge in [0.1, 0.15) is 6.10 Å². The molecule has 2 aromatic carbocycles. The van der Waals surface area contributed by atoms with Crippen LogP contribution >= 0.6 is 0 Å². The number of rotatable bonds is 4. The predicted octanol–water partition coefficient (Wildman–Crippen LogP) is 4.64. The zero-order chi connectivity index (χ0) is 15.4. The van der Waals surface area contributed by atoms with E-state index >= 15 is 0 Å². The normalized spacial score (nSPS) is 11.7. The third kappa shape index (κ3) is 3.04. The summed E-state index contributed by atoms with van der Waals surface area (Å²) < 4.78 is 5.70. The molecule has 0 aliphatic carbocycles. The SMILES string of the molecule is C=C(C)c1c(C#N)cccc1C(OC)c1ccc(C)cc1. The van der Waals surface area contributed by atoms with E-state index in [0.717, 1.165) is 22.3 Å². The van der Waals surface area contributed by atoms with Crippen LogP contribution in [0.4, 0.5) is 0 Å². The van der Waals surface area contributed by atoms with Crippen molar-refractivity contribution in [3.05, 3.63) is 76.9 Å². The van der Waals surface area contributed by atoms with Gasteiger partial charge in [0.2, 0.25) is 0 Å². The van der Waals surface area contributed by atoms with Crippen LogP contribution < -0.4 is 0 Å². The Bertz CT molecular complexity index is 692. The lowest BCUT2D eigenvalue weighted by molar-refractivity contribution is 0.136. The Morgan fingerprint density at radius 1 is 1.19 bits per heavy atom. The molecule has 0 aliphatic heterocycles. The van der Waals surface area contributed by atoms with Crippen LogP contribution in [0.1, 0.15) is 40.8 Å². The van der Waals surface area contributed by atoms with Crippen LogP contribution in [-0.2, 0) is 4.74 Å². The number of benzene rings is 2. The molecule has 0 fully saturated rings. The van der Waals surface area contributed by atoms with Crippen molar-refractivity contribution in [2.75, 3.05) is 7.11 Å². The predicted molar refractivity (Wildman–Crippen MR) is 85.9 cm³/mol. The minimum absolute atomic E-state index is 0.203. The molecule has 21 heavy (non-hydrogen) atoms. The number of ether oxygens (including phenoxy) is 1. The largest absolute Gasteiger partial charge is 0.372 e. The molecule has 0 aliphatic rings. The van der Waals surface area contributed by atoms with Crippen molar-refractivity contribution in [2.24, 2.45) is 0 Å². The Hall–Kier alpha value is -2.37. The Morgan fingerprint density at radius 3 is 2.38 bits per heavy atom. The Labute approximate surface area is 126 Å². The summed E-state index contributed by atoms with van der Waals surface area (Å²) in [6.07, 6.45) is -0.203. The number of methoxy groups -OCH3 is 1. The maximum absolute atomic E-state index is 9.32. The fourth-order valence-electron chi connectivity index (χ4n) is 2.54. The van der Waals surface area contributed by atoms with Gasteiger partial charge in [-0.2, -0.15) is 5.26 Å². The second-order valence-electron chi connectivity index (χ2n) is 5.19. The lowest BCUT2D eigenvalue weighted by Crippen LogP contribution is -2.07. The molecule has 2 aromatic rings. The molecular weight excluding hydrogens is 258 g/mol. The molecule has 1 unspecified atom stereocenters. The quantitative estimate of drug-likeness (QED) is 0.816. The van der Waals surface area contributed by atoms with Crippen molar-refractivity contribution in [1.82, 2.24) is 0 Å². The number of allylic oxidation sites excluding steroid dienone is 1. The van der Waals surface area contributed by atoms with E-state index in [-0.39, 0.29) is 6.10 Å². The van der Waals surface area contributed by atoms with E-state index in [9.17, 15) is 5.26 Å². The fraction of sp³-hybridized carbons (Fsp3) is 0.211. The first-order chi connectivity index (χ1) is 10.1. The van der Waals surface area contributed by atoms with Crippen molar-refractivity contribution in [2.45, 2.75) is 20.0 Å². The second kappa shape index (κ2) is 6.39. The Morgan fingerprint density at radius 2 is 1.86 bits per heavy atom. The maximum atomic E-state index is 9.32. The van der Waals surface area contributed by atoms with Crippen LogP contribution in [0.5, 0.6) is 0 Å². The molecular formula is C19H19NO. The first-order valence-corrected chi connectivity index (χ1v) is 6.86. The van der Waals surface area contributed by atoms with E-state index in [1.54, 1.807) is 7.11 Å². The molecule has 0 saturated heterocycles. The molecule has 0 heterocycles. The molecule has 2 nitrogen and oxygen atoms in total. The highest BCUT2D eigenvalue weighted by atomic mass is 16.5. The van der Waals surface area contributed by atoms with Crippen molar-refractivity contribution in [3.8, 4) is 6.07 Å². The second-order valence-corrected chi connectivity index (χ2v) is 5.19. The van der Waals surface area contributed by atoms with Gasteiger partial charge in [0.25, 0.3) is 0 Å². The minimum Gasteiger partial charge on any atom is -0.372 e. The van der Waals surface area contributed by atoms with Crippen molar-refractivity contribution in [1.29, 1.82) is 5.26 Å². The summed E-state index contributed by atoms with van der Waals surface area (Å²) in [4.78, 5) is 0. The Balaban J connectivity index is 2.60. The van der Waals surface area contributed by atoms with Crippen LogP contribution in [0.25, 0.3) is 5.57 Å². The number of hydrogen-bond acceptors (Lipinski definition) is 2. The van der Waals surface area contributed by atoms with E-state index in [0.29, 0.717) is 5.56 Å². The number of nitriles is 1. The van der Waals surface area contributed by atoms with Gasteiger partial charge in [-0.1, -0.05) is 48.5 Å². The van der Waals surface area contributed by atoms with Gasteiger partial charge in [0.15, 0.2) is 0 Å². The summed E-state index contributed by atoms with van der Waals surface area (Å²) in [5.74, 6) is 0. The molecule has 0 N–H and O–H groups in total. The van der Waals surface area contributed by atoms with Gasteiger partial charge in [-0.05, 0) is 36.6 Å². The summed E-state index contributed by atoms with van der Waals surface area (Å²) in [5, 5.41) is 9.32. The molecule has 2 heteroatoms. The van der Waals surface area contributed by atoms with Crippen LogP contribution in [0, 0.1) is 18.3 Å². The average molecular weight is 277 g/mol. The standard InChI is InChI=1S/C19H19NO/c1-13(2)18-16(12-20)6-5-7-17(18)19(21-4)15-10-8-14(3)9-11-15/h5-11,19H,1H2,2-4H3. The summed E-state index contributed by atoms with van der Waals surface area (Å²) in [7, 11) is 1.69. The van der Waals surface area contributed by atoms with Gasteiger partial charge in [-0.15, -0.1) is 0 Å². The van der Waals surface area contributed by atoms with E-state index < -0.39 is 0 Å². The Kier molecular flexibility index (Phi) is 4.57. The van der Waals surface area contributed by atoms with Crippen LogP contribution in [0.3, 0.4) is 0 Å². The third-order valence-corrected chi connectivity index (χ3v) is 3.54. The smallest absolute Gasteiger partial charge is 0.108 e. The number of aryl methyl sites for hydroxylation is 1. The maximum Gasteiger partial charge on any atom is 0.108 e. The molecule has 0 saturated carbocycles. The molecule has 2 rings (SSSR count). The monoisotopic (exact) mass is 277 g/mol. The van der Waals surface area contributed by atoms with E-state index in [2.05, 4.69) is 43.8 Å². The van der Waals surface area contributed by atoms with E-state index in [4.69, 9.17) is 4.74 Å². The fourth-order valence-corrected chi connectivity index (χ4v) is 2.54. The highest BCUT2D eigenvalue weighted by molar-refractivity contribution is 5.71. The van der Waals surface area contributed by atoms with Crippen molar-refractivity contribution >= 4 is 5.57 Å². The van der Waals surface area contributed by atoms with Crippen molar-refractivity contribution in [3.63, 3.8) is 0 Å². The zero-order valence-electron chi connectivity index (χ0n) is 12.7. The van der Waals surface area contributed by atoms with Crippen LogP contribution in [0.15, 0.2) is 49.0 Å². The molecule has 106 valence electrons. The summed E-state index contributed by atoms with van der Waals surface area (Å²) in [5.41, 5.74) is 5.64. The molecule has 0 spiro atoms. The van der Waals surface area contributed by atoms with Gasteiger partial charge < -0.3 is 4.74 Å². The van der Waals surface area contributed by atoms with Crippen LogP contribution in [0.2, 0.25) is 0 Å². The highest BCUT2D eigenvalue weighted by Gasteiger charge is 2.19. The first-order valence-electron chi connectivity index (χ1n) is 6.86. The number of nitrogens with zero attached hydrogens (tertiary/aromatic N) is 1. The van der Waals surface area contributed by atoms with Gasteiger partial charge in [0, 0.05) is 12.7 Å². The summed E-state index contributed by atoms with van der Waals surface area (Å²) in [6, 6.07) is 16.2. The van der Waals surface area contributed by atoms with E-state index in [1.807, 2.05) is 25.1 Å². The van der Waals surface area contributed by atoms with Gasteiger partial charge in [-0.25, -0.2) is 0 Å². The molecule has 0 amide bonds. The van der Waals surface area contributed by atoms with Gasteiger partial charge in [0.05, 0.1) is 11.6 Å². The molecule has 0 aromatic heterocycles. The molecule has 0 radical (unpaired) electrons. The average Bonchev–Trinajstić information content (AvgIpc) is 2.49. The lowest BCUT2D eigenvalue weighted by atomic mass is 9.90. The highest BCUT2D eigenvalue weighted by Crippen LogP contribution is 2.33. The number of hydrogen-bond donors (Lipinski definition) is 0. The zero-order valence-corrected chi connectivity index (χ0v) is 12.7. The van der Waals surface area contributed by atoms with E-state index in [1.165, 1.54) is 5.56 Å². The minimum atomic E-state index is -0.203. The van der Waals surface area contributed by atoms with Crippen LogP contribution in [-0.4, -0.2) is 7.11 Å². The van der Waals surface area contributed by atoms with Crippen molar-refractivity contribution < 1.29 is 4.74 Å². The van der Waals surface area contributed by atoms with Gasteiger partial charge >= 0.3 is 0 Å². The summed E-state index contributed by atoms with van der Waals surface area (Å²) >= 11 is 0. The summed E-state index contributed by atoms with van der Waals surface area (Å²) in [6.45, 7) is 7.99. The lowest BCUT2D eigenvalue weighted by Gasteiger charge is -2.21. The van der Waals surface area contributed by atoms with Gasteiger partial charge in [-0.3, -0.25) is 0 Å². The molecule has 0 bridgehead atoms. The topological polar surface area (TPSA) is 33.0 Å². The molecule has 1 atom stereocenters. The third-order valence-electron chi connectivity index (χ3n) is 3.54.